The van der Waals surface area contributed by atoms with E-state index < -0.39 is 6.29 Å². The Balaban J connectivity index is 1.62. The average Bonchev–Trinajstić information content (AvgIpc) is 2.94. The van der Waals surface area contributed by atoms with Crippen molar-refractivity contribution in [3.63, 3.8) is 0 Å². The summed E-state index contributed by atoms with van der Waals surface area (Å²) in [5.41, 5.74) is 0.411. The summed E-state index contributed by atoms with van der Waals surface area (Å²) in [6, 6.07) is 4.19. The van der Waals surface area contributed by atoms with E-state index in [2.05, 4.69) is 19.7 Å². The fourth-order valence-electron chi connectivity index (χ4n) is 2.37. The van der Waals surface area contributed by atoms with E-state index in [1.807, 2.05) is 0 Å². The number of rotatable bonds is 3. The van der Waals surface area contributed by atoms with Gasteiger partial charge in [0.1, 0.15) is 0 Å². The first-order valence-electron chi connectivity index (χ1n) is 6.44. The third kappa shape index (κ3) is 2.82. The van der Waals surface area contributed by atoms with E-state index in [0.29, 0.717) is 12.2 Å². The number of ether oxygens (including phenoxy) is 2. The first kappa shape index (κ1) is 13.1. The maximum Gasteiger partial charge on any atom is 0.586 e. The maximum absolute atomic E-state index is 12.9. The molecule has 0 unspecified atom stereocenters. The van der Waals surface area contributed by atoms with Crippen LogP contribution in [0.1, 0.15) is 12.8 Å². The monoisotopic (exact) mass is 284 g/mol. The van der Waals surface area contributed by atoms with Gasteiger partial charge in [0, 0.05) is 11.8 Å². The highest BCUT2D eigenvalue weighted by molar-refractivity contribution is 5.92. The number of hydrogen-bond donors (Lipinski definition) is 1. The van der Waals surface area contributed by atoms with Crippen molar-refractivity contribution >= 4 is 11.6 Å². The molecule has 1 aromatic rings. The van der Waals surface area contributed by atoms with Crippen LogP contribution in [0.3, 0.4) is 0 Å². The largest absolute Gasteiger partial charge is 0.586 e. The van der Waals surface area contributed by atoms with Crippen LogP contribution in [0.4, 0.5) is 14.5 Å². The van der Waals surface area contributed by atoms with E-state index in [9.17, 15) is 13.6 Å². The molecule has 7 heteroatoms. The molecule has 0 aromatic heterocycles. The molecule has 20 heavy (non-hydrogen) atoms. The molecule has 1 amide bonds. The third-order valence-corrected chi connectivity index (χ3v) is 3.25. The number of halogens is 2. The van der Waals surface area contributed by atoms with Gasteiger partial charge in [0.05, 0.1) is 6.54 Å². The van der Waals surface area contributed by atoms with Crippen LogP contribution in [0.15, 0.2) is 18.2 Å². The van der Waals surface area contributed by atoms with Crippen LogP contribution in [0.2, 0.25) is 0 Å². The Morgan fingerprint density at radius 1 is 1.25 bits per heavy atom. The molecular weight excluding hydrogens is 270 g/mol. The van der Waals surface area contributed by atoms with Gasteiger partial charge in [-0.3, -0.25) is 9.69 Å². The Labute approximate surface area is 114 Å². The number of anilines is 1. The zero-order valence-electron chi connectivity index (χ0n) is 10.7. The fraction of sp³-hybridized carbons (Fsp3) is 0.462. The summed E-state index contributed by atoms with van der Waals surface area (Å²) in [4.78, 5) is 13.9. The average molecular weight is 284 g/mol. The van der Waals surface area contributed by atoms with Gasteiger partial charge in [0.25, 0.3) is 0 Å². The molecule has 0 bridgehead atoms. The SMILES string of the molecule is O=C(CN1CCCC1)Nc1ccc2c(c1)OC(F)(F)O2. The summed E-state index contributed by atoms with van der Waals surface area (Å²) in [6.45, 7) is 2.15. The molecular formula is C13H14F2N2O3. The van der Waals surface area contributed by atoms with Crippen molar-refractivity contribution in [3.05, 3.63) is 18.2 Å². The molecule has 1 fully saturated rings. The summed E-state index contributed by atoms with van der Waals surface area (Å²) < 4.78 is 34.3. The summed E-state index contributed by atoms with van der Waals surface area (Å²) in [5.74, 6) is -0.279. The second kappa shape index (κ2) is 4.90. The molecule has 1 aromatic carbocycles. The van der Waals surface area contributed by atoms with Gasteiger partial charge < -0.3 is 14.8 Å². The van der Waals surface area contributed by atoms with Gasteiger partial charge in [-0.05, 0) is 38.1 Å². The highest BCUT2D eigenvalue weighted by Crippen LogP contribution is 2.42. The van der Waals surface area contributed by atoms with E-state index in [0.717, 1.165) is 25.9 Å². The second-order valence-corrected chi connectivity index (χ2v) is 4.86. The lowest BCUT2D eigenvalue weighted by molar-refractivity contribution is -0.286. The van der Waals surface area contributed by atoms with Gasteiger partial charge in [-0.15, -0.1) is 8.78 Å². The number of carbonyl (C=O) groups is 1. The van der Waals surface area contributed by atoms with Crippen LogP contribution in [-0.2, 0) is 4.79 Å². The number of carbonyl (C=O) groups excluding carboxylic acids is 1. The molecule has 0 spiro atoms. The van der Waals surface area contributed by atoms with Crippen molar-refractivity contribution in [1.82, 2.24) is 4.90 Å². The predicted octanol–water partition coefficient (Wildman–Crippen LogP) is 2.04. The van der Waals surface area contributed by atoms with Gasteiger partial charge in [-0.1, -0.05) is 0 Å². The van der Waals surface area contributed by atoms with E-state index in [-0.39, 0.29) is 17.4 Å². The highest BCUT2D eigenvalue weighted by atomic mass is 19.3. The van der Waals surface area contributed by atoms with E-state index in [4.69, 9.17) is 0 Å². The first-order chi connectivity index (χ1) is 9.52. The Morgan fingerprint density at radius 2 is 1.95 bits per heavy atom. The van der Waals surface area contributed by atoms with Crippen LogP contribution in [-0.4, -0.2) is 36.7 Å². The molecule has 0 radical (unpaired) electrons. The Bertz CT molecular complexity index is 530. The van der Waals surface area contributed by atoms with Gasteiger partial charge in [0.15, 0.2) is 11.5 Å². The lowest BCUT2D eigenvalue weighted by Crippen LogP contribution is -2.30. The van der Waals surface area contributed by atoms with Crippen LogP contribution in [0.25, 0.3) is 0 Å². The van der Waals surface area contributed by atoms with E-state index in [1.165, 1.54) is 18.2 Å². The third-order valence-electron chi connectivity index (χ3n) is 3.25. The van der Waals surface area contributed by atoms with Crippen LogP contribution >= 0.6 is 0 Å². The van der Waals surface area contributed by atoms with Crippen molar-refractivity contribution < 1.29 is 23.0 Å². The lowest BCUT2D eigenvalue weighted by atomic mass is 10.2. The zero-order valence-corrected chi connectivity index (χ0v) is 10.7. The van der Waals surface area contributed by atoms with Gasteiger partial charge in [0.2, 0.25) is 5.91 Å². The van der Waals surface area contributed by atoms with Gasteiger partial charge in [-0.2, -0.15) is 0 Å². The predicted molar refractivity (Wildman–Crippen MR) is 66.9 cm³/mol. The molecule has 0 aliphatic carbocycles. The van der Waals surface area contributed by atoms with Gasteiger partial charge in [-0.25, -0.2) is 0 Å². The minimum atomic E-state index is -3.64. The lowest BCUT2D eigenvalue weighted by Gasteiger charge is -2.14. The van der Waals surface area contributed by atoms with Crippen molar-refractivity contribution in [2.45, 2.75) is 19.1 Å². The molecule has 2 heterocycles. The topological polar surface area (TPSA) is 50.8 Å². The minimum absolute atomic E-state index is 0.0347. The first-order valence-corrected chi connectivity index (χ1v) is 6.44. The number of fused-ring (bicyclic) bond motifs is 1. The molecule has 0 atom stereocenters. The Morgan fingerprint density at radius 3 is 2.70 bits per heavy atom. The Hall–Kier alpha value is -1.89. The molecule has 3 rings (SSSR count). The highest BCUT2D eigenvalue weighted by Gasteiger charge is 2.43. The van der Waals surface area contributed by atoms with E-state index >= 15 is 0 Å². The number of alkyl halides is 2. The smallest absolute Gasteiger partial charge is 0.395 e. The number of hydrogen-bond acceptors (Lipinski definition) is 4. The number of benzene rings is 1. The number of likely N-dealkylation sites (tertiary alicyclic amines) is 1. The van der Waals surface area contributed by atoms with Crippen molar-refractivity contribution in [3.8, 4) is 11.5 Å². The second-order valence-electron chi connectivity index (χ2n) is 4.86. The summed E-state index contributed by atoms with van der Waals surface area (Å²) in [7, 11) is 0. The molecule has 1 N–H and O–H groups in total. The van der Waals surface area contributed by atoms with E-state index in [1.54, 1.807) is 0 Å². The van der Waals surface area contributed by atoms with Crippen molar-refractivity contribution in [2.24, 2.45) is 0 Å². The molecule has 0 saturated carbocycles. The minimum Gasteiger partial charge on any atom is -0.395 e. The summed E-state index contributed by atoms with van der Waals surface area (Å²) in [6.07, 6.45) is -1.43. The fourth-order valence-corrected chi connectivity index (χ4v) is 2.37. The molecule has 1 saturated heterocycles. The van der Waals surface area contributed by atoms with Crippen LogP contribution in [0.5, 0.6) is 11.5 Å². The molecule has 2 aliphatic heterocycles. The molecule has 108 valence electrons. The summed E-state index contributed by atoms with van der Waals surface area (Å²) in [5, 5.41) is 2.66. The number of amides is 1. The molecule has 2 aliphatic rings. The Kier molecular flexibility index (Phi) is 3.21. The maximum atomic E-state index is 12.9. The quantitative estimate of drug-likeness (QED) is 0.923. The van der Waals surface area contributed by atoms with Crippen LogP contribution < -0.4 is 14.8 Å². The molecule has 5 nitrogen and oxygen atoms in total. The van der Waals surface area contributed by atoms with Gasteiger partial charge >= 0.3 is 6.29 Å². The number of nitrogens with zero attached hydrogens (tertiary/aromatic N) is 1. The van der Waals surface area contributed by atoms with Crippen molar-refractivity contribution in [1.29, 1.82) is 0 Å². The summed E-state index contributed by atoms with van der Waals surface area (Å²) >= 11 is 0. The van der Waals surface area contributed by atoms with Crippen molar-refractivity contribution in [2.75, 3.05) is 25.0 Å². The standard InChI is InChI=1S/C13H14F2N2O3/c14-13(15)19-10-4-3-9(7-11(10)20-13)16-12(18)8-17-5-1-2-6-17/h3-4,7H,1-2,5-6,8H2,(H,16,18). The normalized spacial score (nSPS) is 20.1. The number of nitrogens with one attached hydrogen (secondary N) is 1. The van der Waals surface area contributed by atoms with Crippen LogP contribution in [0, 0.1) is 0 Å². The zero-order chi connectivity index (χ0) is 14.2.